The number of nitrogens with zero attached hydrogens (tertiary/aromatic N) is 1. The number of hydrogen-bond acceptors (Lipinski definition) is 4. The van der Waals surface area contributed by atoms with Gasteiger partial charge in [0.1, 0.15) is 5.76 Å². The standard InChI is InChI=1S/C8H9NO3/c1-11-8(10)5-2-3-7-6(5)4-9-12-7/h4-5H,2-3H2,1H3. The van der Waals surface area contributed by atoms with E-state index in [0.717, 1.165) is 24.2 Å². The minimum absolute atomic E-state index is 0.156. The zero-order valence-electron chi connectivity index (χ0n) is 6.74. The number of hydrogen-bond donors (Lipinski definition) is 0. The van der Waals surface area contributed by atoms with Gasteiger partial charge in [-0.25, -0.2) is 0 Å². The number of rotatable bonds is 1. The van der Waals surface area contributed by atoms with E-state index in [1.165, 1.54) is 7.11 Å². The van der Waals surface area contributed by atoms with Crippen LogP contribution in [0.2, 0.25) is 0 Å². The molecule has 2 rings (SSSR count). The molecule has 0 aromatic carbocycles. The zero-order valence-corrected chi connectivity index (χ0v) is 6.74. The average molecular weight is 167 g/mol. The lowest BCUT2D eigenvalue weighted by Gasteiger charge is -2.04. The molecule has 0 spiro atoms. The van der Waals surface area contributed by atoms with Crippen LogP contribution in [0.5, 0.6) is 0 Å². The number of esters is 1. The molecular weight excluding hydrogens is 158 g/mol. The molecule has 0 N–H and O–H groups in total. The highest BCUT2D eigenvalue weighted by molar-refractivity contribution is 5.79. The quantitative estimate of drug-likeness (QED) is 0.582. The molecule has 0 bridgehead atoms. The van der Waals surface area contributed by atoms with Crippen molar-refractivity contribution in [2.45, 2.75) is 18.8 Å². The van der Waals surface area contributed by atoms with E-state index in [1.807, 2.05) is 0 Å². The van der Waals surface area contributed by atoms with Crippen molar-refractivity contribution in [1.82, 2.24) is 5.16 Å². The second kappa shape index (κ2) is 2.62. The van der Waals surface area contributed by atoms with Gasteiger partial charge in [0, 0.05) is 12.0 Å². The summed E-state index contributed by atoms with van der Waals surface area (Å²) >= 11 is 0. The number of aromatic nitrogens is 1. The predicted octanol–water partition coefficient (Wildman–Crippen LogP) is 0.877. The first-order valence-electron chi connectivity index (χ1n) is 3.84. The van der Waals surface area contributed by atoms with E-state index >= 15 is 0 Å². The Labute approximate surface area is 69.5 Å². The zero-order chi connectivity index (χ0) is 8.55. The van der Waals surface area contributed by atoms with Gasteiger partial charge in [0.2, 0.25) is 0 Å². The topological polar surface area (TPSA) is 52.3 Å². The van der Waals surface area contributed by atoms with Crippen molar-refractivity contribution in [3.63, 3.8) is 0 Å². The van der Waals surface area contributed by atoms with Gasteiger partial charge in [-0.15, -0.1) is 0 Å². The molecular formula is C8H9NO3. The highest BCUT2D eigenvalue weighted by Gasteiger charge is 2.32. The Bertz CT molecular complexity index is 305. The molecule has 1 aromatic rings. The molecule has 1 aliphatic carbocycles. The van der Waals surface area contributed by atoms with Crippen LogP contribution in [0.4, 0.5) is 0 Å². The maximum atomic E-state index is 11.2. The molecule has 0 saturated heterocycles. The van der Waals surface area contributed by atoms with Crippen LogP contribution in [0.3, 0.4) is 0 Å². The van der Waals surface area contributed by atoms with Crippen molar-refractivity contribution in [2.75, 3.05) is 7.11 Å². The largest absolute Gasteiger partial charge is 0.469 e. The smallest absolute Gasteiger partial charge is 0.313 e. The Kier molecular flexibility index (Phi) is 1.60. The van der Waals surface area contributed by atoms with Gasteiger partial charge in [-0.2, -0.15) is 0 Å². The summed E-state index contributed by atoms with van der Waals surface area (Å²) in [5.41, 5.74) is 0.891. The van der Waals surface area contributed by atoms with Crippen LogP contribution in [0.15, 0.2) is 10.7 Å². The lowest BCUT2D eigenvalue weighted by Crippen LogP contribution is -2.10. The van der Waals surface area contributed by atoms with E-state index in [1.54, 1.807) is 6.20 Å². The number of carbonyl (C=O) groups is 1. The van der Waals surface area contributed by atoms with Crippen LogP contribution in [0.1, 0.15) is 23.7 Å². The van der Waals surface area contributed by atoms with Gasteiger partial charge >= 0.3 is 5.97 Å². The van der Waals surface area contributed by atoms with Crippen LogP contribution < -0.4 is 0 Å². The second-order valence-electron chi connectivity index (χ2n) is 2.82. The summed E-state index contributed by atoms with van der Waals surface area (Å²) in [7, 11) is 1.40. The third-order valence-corrected chi connectivity index (χ3v) is 2.20. The molecule has 4 heteroatoms. The molecule has 64 valence electrons. The summed E-state index contributed by atoms with van der Waals surface area (Å²) < 4.78 is 9.60. The van der Waals surface area contributed by atoms with E-state index in [2.05, 4.69) is 9.89 Å². The average Bonchev–Trinajstić information content (AvgIpc) is 2.62. The number of carbonyl (C=O) groups excluding carboxylic acids is 1. The molecule has 4 nitrogen and oxygen atoms in total. The van der Waals surface area contributed by atoms with Crippen LogP contribution in [0, 0.1) is 0 Å². The fourth-order valence-corrected chi connectivity index (χ4v) is 1.56. The van der Waals surface area contributed by atoms with Gasteiger partial charge in [0.15, 0.2) is 0 Å². The van der Waals surface area contributed by atoms with Crippen LogP contribution >= 0.6 is 0 Å². The third-order valence-electron chi connectivity index (χ3n) is 2.20. The summed E-state index contributed by atoms with van der Waals surface area (Å²) in [4.78, 5) is 11.2. The Balaban J connectivity index is 2.28. The van der Waals surface area contributed by atoms with Crippen LogP contribution in [0.25, 0.3) is 0 Å². The van der Waals surface area contributed by atoms with Crippen LogP contribution in [-0.4, -0.2) is 18.2 Å². The SMILES string of the molecule is COC(=O)C1CCc2oncc21. The van der Waals surface area contributed by atoms with Crippen molar-refractivity contribution in [3.8, 4) is 0 Å². The Morgan fingerprint density at radius 2 is 2.67 bits per heavy atom. The van der Waals surface area contributed by atoms with E-state index in [4.69, 9.17) is 4.52 Å². The van der Waals surface area contributed by atoms with Gasteiger partial charge < -0.3 is 9.26 Å². The van der Waals surface area contributed by atoms with Gasteiger partial charge in [-0.3, -0.25) is 4.79 Å². The first-order chi connectivity index (χ1) is 5.83. The molecule has 1 aliphatic rings. The number of methoxy groups -OCH3 is 1. The summed E-state index contributed by atoms with van der Waals surface area (Å²) in [5.74, 6) is 0.471. The fraction of sp³-hybridized carbons (Fsp3) is 0.500. The highest BCUT2D eigenvalue weighted by atomic mass is 16.5. The summed E-state index contributed by atoms with van der Waals surface area (Å²) in [6, 6.07) is 0. The molecule has 0 aliphatic heterocycles. The maximum Gasteiger partial charge on any atom is 0.313 e. The molecule has 1 unspecified atom stereocenters. The summed E-state index contributed by atoms with van der Waals surface area (Å²) in [5, 5.41) is 3.63. The molecule has 12 heavy (non-hydrogen) atoms. The van der Waals surface area contributed by atoms with Gasteiger partial charge in [0.05, 0.1) is 19.2 Å². The van der Waals surface area contributed by atoms with E-state index in [-0.39, 0.29) is 11.9 Å². The van der Waals surface area contributed by atoms with Crippen molar-refractivity contribution >= 4 is 5.97 Å². The molecule has 0 radical (unpaired) electrons. The Morgan fingerprint density at radius 3 is 3.42 bits per heavy atom. The molecule has 1 aromatic heterocycles. The molecule has 1 heterocycles. The lowest BCUT2D eigenvalue weighted by molar-refractivity contribution is -0.142. The van der Waals surface area contributed by atoms with E-state index in [0.29, 0.717) is 0 Å². The lowest BCUT2D eigenvalue weighted by atomic mass is 10.1. The number of fused-ring (bicyclic) bond motifs is 1. The van der Waals surface area contributed by atoms with Gasteiger partial charge in [-0.1, -0.05) is 5.16 Å². The molecule has 0 fully saturated rings. The maximum absolute atomic E-state index is 11.2. The monoisotopic (exact) mass is 167 g/mol. The Hall–Kier alpha value is -1.32. The molecule has 0 amide bonds. The van der Waals surface area contributed by atoms with Gasteiger partial charge in [0.25, 0.3) is 0 Å². The van der Waals surface area contributed by atoms with Crippen molar-refractivity contribution < 1.29 is 14.1 Å². The minimum Gasteiger partial charge on any atom is -0.469 e. The first-order valence-corrected chi connectivity index (χ1v) is 3.84. The highest BCUT2D eigenvalue weighted by Crippen LogP contribution is 2.33. The summed E-state index contributed by atoms with van der Waals surface area (Å²) in [6.45, 7) is 0. The summed E-state index contributed by atoms with van der Waals surface area (Å²) in [6.07, 6.45) is 3.17. The van der Waals surface area contributed by atoms with E-state index < -0.39 is 0 Å². The van der Waals surface area contributed by atoms with Crippen molar-refractivity contribution in [3.05, 3.63) is 17.5 Å². The van der Waals surface area contributed by atoms with Crippen molar-refractivity contribution in [2.24, 2.45) is 0 Å². The van der Waals surface area contributed by atoms with Crippen molar-refractivity contribution in [1.29, 1.82) is 0 Å². The number of aryl methyl sites for hydroxylation is 1. The Morgan fingerprint density at radius 1 is 1.83 bits per heavy atom. The number of ether oxygens (including phenoxy) is 1. The normalized spacial score (nSPS) is 20.6. The first kappa shape index (κ1) is 7.34. The molecule has 0 saturated carbocycles. The third kappa shape index (κ3) is 0.913. The van der Waals surface area contributed by atoms with E-state index in [9.17, 15) is 4.79 Å². The van der Waals surface area contributed by atoms with Crippen LogP contribution in [-0.2, 0) is 16.0 Å². The predicted molar refractivity (Wildman–Crippen MR) is 39.6 cm³/mol. The second-order valence-corrected chi connectivity index (χ2v) is 2.82. The molecule has 1 atom stereocenters. The minimum atomic E-state index is -0.197. The van der Waals surface area contributed by atoms with Gasteiger partial charge in [-0.05, 0) is 6.42 Å². The fourth-order valence-electron chi connectivity index (χ4n) is 1.56.